The molecule has 3 heterocycles. The maximum absolute atomic E-state index is 4.75. The Labute approximate surface area is 123 Å². The summed E-state index contributed by atoms with van der Waals surface area (Å²) in [7, 11) is 2.09. The van der Waals surface area contributed by atoms with E-state index in [-0.39, 0.29) is 0 Å². The molecule has 0 amide bonds. The largest absolute Gasteiger partial charge is 0.330 e. The summed E-state index contributed by atoms with van der Waals surface area (Å²) in [6.07, 6.45) is 4.59. The van der Waals surface area contributed by atoms with Crippen LogP contribution in [0.5, 0.6) is 0 Å². The van der Waals surface area contributed by atoms with Gasteiger partial charge in [0.25, 0.3) is 0 Å². The Hall–Kier alpha value is -2.27. The Morgan fingerprint density at radius 3 is 3.05 bits per heavy atom. The third-order valence-corrected chi connectivity index (χ3v) is 4.20. The van der Waals surface area contributed by atoms with Crippen molar-refractivity contribution in [2.45, 2.75) is 19.5 Å². The van der Waals surface area contributed by atoms with E-state index in [1.165, 1.54) is 11.1 Å². The maximum atomic E-state index is 4.75. The summed E-state index contributed by atoms with van der Waals surface area (Å²) < 4.78 is 2.19. The van der Waals surface area contributed by atoms with Crippen LogP contribution in [0.4, 0.5) is 0 Å². The topological polar surface area (TPSA) is 46.8 Å². The number of nitrogens with zero attached hydrogens (tertiary/aromatic N) is 5. The maximum Gasteiger partial charge on any atom is 0.123 e. The van der Waals surface area contributed by atoms with E-state index in [1.54, 1.807) is 6.33 Å². The highest BCUT2D eigenvalue weighted by Crippen LogP contribution is 2.19. The van der Waals surface area contributed by atoms with Crippen LogP contribution in [0, 0.1) is 0 Å². The van der Waals surface area contributed by atoms with Gasteiger partial charge in [0.05, 0.1) is 23.3 Å². The highest BCUT2D eigenvalue weighted by molar-refractivity contribution is 5.75. The Morgan fingerprint density at radius 1 is 1.24 bits per heavy atom. The first-order valence-corrected chi connectivity index (χ1v) is 7.22. The molecular formula is C16H17N5. The van der Waals surface area contributed by atoms with Crippen LogP contribution in [-0.4, -0.2) is 31.0 Å². The highest BCUT2D eigenvalue weighted by Gasteiger charge is 2.19. The summed E-state index contributed by atoms with van der Waals surface area (Å²) in [6, 6.07) is 8.27. The molecule has 0 fully saturated rings. The van der Waals surface area contributed by atoms with Crippen molar-refractivity contribution in [1.82, 2.24) is 24.4 Å². The van der Waals surface area contributed by atoms with Gasteiger partial charge in [-0.1, -0.05) is 12.1 Å². The molecule has 21 heavy (non-hydrogen) atoms. The standard InChI is InChI=1S/C16H17N5/c1-20-15-5-3-2-4-13(15)19-16(20)10-21-7-6-12-8-17-11-18-14(12)9-21/h2-5,8,11H,6-7,9-10H2,1H3. The van der Waals surface area contributed by atoms with Crippen LogP contribution in [0.1, 0.15) is 17.1 Å². The first kappa shape index (κ1) is 12.5. The molecule has 2 aromatic heterocycles. The third-order valence-electron chi connectivity index (χ3n) is 4.20. The summed E-state index contributed by atoms with van der Waals surface area (Å²) in [5, 5.41) is 0. The van der Waals surface area contributed by atoms with E-state index in [1.807, 2.05) is 12.3 Å². The van der Waals surface area contributed by atoms with Gasteiger partial charge in [0.15, 0.2) is 0 Å². The van der Waals surface area contributed by atoms with Crippen molar-refractivity contribution in [1.29, 1.82) is 0 Å². The SMILES string of the molecule is Cn1c(CN2CCc3cncnc3C2)nc2ccccc21. The van der Waals surface area contributed by atoms with Crippen molar-refractivity contribution in [3.8, 4) is 0 Å². The van der Waals surface area contributed by atoms with Crippen LogP contribution >= 0.6 is 0 Å². The number of hydrogen-bond donors (Lipinski definition) is 0. The third kappa shape index (κ3) is 2.19. The van der Waals surface area contributed by atoms with Crippen molar-refractivity contribution in [2.24, 2.45) is 7.05 Å². The molecule has 1 aliphatic rings. The molecule has 0 N–H and O–H groups in total. The molecule has 3 aromatic rings. The molecule has 0 atom stereocenters. The quantitative estimate of drug-likeness (QED) is 0.719. The lowest BCUT2D eigenvalue weighted by Gasteiger charge is -2.27. The second-order valence-electron chi connectivity index (χ2n) is 5.53. The molecule has 5 nitrogen and oxygen atoms in total. The number of para-hydroxylation sites is 2. The zero-order valence-corrected chi connectivity index (χ0v) is 12.0. The number of hydrogen-bond acceptors (Lipinski definition) is 4. The summed E-state index contributed by atoms with van der Waals surface area (Å²) in [6.45, 7) is 2.76. The van der Waals surface area contributed by atoms with Gasteiger partial charge in [-0.3, -0.25) is 4.90 Å². The Balaban J connectivity index is 1.60. The van der Waals surface area contributed by atoms with E-state index in [2.05, 4.69) is 44.7 Å². The van der Waals surface area contributed by atoms with E-state index in [0.717, 1.165) is 43.1 Å². The molecule has 0 saturated heterocycles. The van der Waals surface area contributed by atoms with Crippen LogP contribution in [0.25, 0.3) is 11.0 Å². The first-order chi connectivity index (χ1) is 10.3. The molecule has 1 aliphatic heterocycles. The van der Waals surface area contributed by atoms with Crippen molar-refractivity contribution in [2.75, 3.05) is 6.54 Å². The second kappa shape index (κ2) is 4.93. The summed E-state index contributed by atoms with van der Waals surface area (Å²) in [5.74, 6) is 1.11. The molecule has 0 aliphatic carbocycles. The predicted octanol–water partition coefficient (Wildman–Crippen LogP) is 1.92. The average Bonchev–Trinajstić information content (AvgIpc) is 2.84. The van der Waals surface area contributed by atoms with Gasteiger partial charge in [-0.2, -0.15) is 0 Å². The molecule has 4 rings (SSSR count). The number of imidazole rings is 1. The monoisotopic (exact) mass is 279 g/mol. The number of aromatic nitrogens is 4. The van der Waals surface area contributed by atoms with Crippen molar-refractivity contribution in [3.63, 3.8) is 0 Å². The van der Waals surface area contributed by atoms with Gasteiger partial charge in [-0.05, 0) is 24.1 Å². The first-order valence-electron chi connectivity index (χ1n) is 7.22. The zero-order valence-electron chi connectivity index (χ0n) is 12.0. The van der Waals surface area contributed by atoms with Crippen molar-refractivity contribution >= 4 is 11.0 Å². The van der Waals surface area contributed by atoms with E-state index >= 15 is 0 Å². The average molecular weight is 279 g/mol. The van der Waals surface area contributed by atoms with E-state index < -0.39 is 0 Å². The summed E-state index contributed by atoms with van der Waals surface area (Å²) in [4.78, 5) is 15.7. The van der Waals surface area contributed by atoms with Crippen LogP contribution in [0.2, 0.25) is 0 Å². The fourth-order valence-corrected chi connectivity index (χ4v) is 2.98. The zero-order chi connectivity index (χ0) is 14.2. The minimum absolute atomic E-state index is 0.856. The number of rotatable bonds is 2. The normalized spacial score (nSPS) is 15.3. The second-order valence-corrected chi connectivity index (χ2v) is 5.53. The molecule has 0 spiro atoms. The van der Waals surface area contributed by atoms with E-state index in [4.69, 9.17) is 4.98 Å². The molecule has 5 heteroatoms. The highest BCUT2D eigenvalue weighted by atomic mass is 15.2. The van der Waals surface area contributed by atoms with Gasteiger partial charge >= 0.3 is 0 Å². The van der Waals surface area contributed by atoms with Crippen LogP contribution < -0.4 is 0 Å². The van der Waals surface area contributed by atoms with Crippen molar-refractivity contribution < 1.29 is 0 Å². The van der Waals surface area contributed by atoms with Crippen LogP contribution in [-0.2, 0) is 26.6 Å². The van der Waals surface area contributed by atoms with Gasteiger partial charge in [0.1, 0.15) is 12.2 Å². The van der Waals surface area contributed by atoms with E-state index in [9.17, 15) is 0 Å². The Bertz CT molecular complexity index is 792. The lowest BCUT2D eigenvalue weighted by molar-refractivity contribution is 0.233. The molecule has 0 saturated carbocycles. The summed E-state index contributed by atoms with van der Waals surface area (Å²) in [5.41, 5.74) is 4.68. The van der Waals surface area contributed by atoms with E-state index in [0.29, 0.717) is 0 Å². The van der Waals surface area contributed by atoms with Gasteiger partial charge in [-0.25, -0.2) is 15.0 Å². The van der Waals surface area contributed by atoms with Gasteiger partial charge in [-0.15, -0.1) is 0 Å². The molecule has 0 bridgehead atoms. The minimum atomic E-state index is 0.856. The van der Waals surface area contributed by atoms with Gasteiger partial charge in [0, 0.05) is 26.3 Å². The minimum Gasteiger partial charge on any atom is -0.330 e. The molecule has 0 unspecified atom stereocenters. The summed E-state index contributed by atoms with van der Waals surface area (Å²) >= 11 is 0. The number of aryl methyl sites for hydroxylation is 1. The van der Waals surface area contributed by atoms with Crippen LogP contribution in [0.15, 0.2) is 36.8 Å². The van der Waals surface area contributed by atoms with Crippen molar-refractivity contribution in [3.05, 3.63) is 53.9 Å². The number of benzene rings is 1. The lowest BCUT2D eigenvalue weighted by Crippen LogP contribution is -2.31. The smallest absolute Gasteiger partial charge is 0.123 e. The number of fused-ring (bicyclic) bond motifs is 2. The fourth-order valence-electron chi connectivity index (χ4n) is 2.98. The van der Waals surface area contributed by atoms with Crippen LogP contribution in [0.3, 0.4) is 0 Å². The fraction of sp³-hybridized carbons (Fsp3) is 0.312. The lowest BCUT2D eigenvalue weighted by atomic mass is 10.1. The molecule has 106 valence electrons. The Morgan fingerprint density at radius 2 is 2.14 bits per heavy atom. The van der Waals surface area contributed by atoms with Gasteiger partial charge in [0.2, 0.25) is 0 Å². The van der Waals surface area contributed by atoms with Gasteiger partial charge < -0.3 is 4.57 Å². The molecule has 1 aromatic carbocycles. The predicted molar refractivity (Wildman–Crippen MR) is 80.6 cm³/mol. The Kier molecular flexibility index (Phi) is 2.93. The molecular weight excluding hydrogens is 262 g/mol. The molecule has 0 radical (unpaired) electrons.